The molecule has 0 radical (unpaired) electrons. The fourth-order valence-corrected chi connectivity index (χ4v) is 3.39. The van der Waals surface area contributed by atoms with Gasteiger partial charge >= 0.3 is 0 Å². The van der Waals surface area contributed by atoms with Crippen LogP contribution >= 0.6 is 0 Å². The van der Waals surface area contributed by atoms with Crippen molar-refractivity contribution in [3.8, 4) is 5.75 Å². The quantitative estimate of drug-likeness (QED) is 0.775. The first-order chi connectivity index (χ1) is 12.7. The molecular weight excluding hydrogens is 324 g/mol. The van der Waals surface area contributed by atoms with Crippen molar-refractivity contribution in [3.05, 3.63) is 59.7 Å². The molecule has 0 spiro atoms. The minimum atomic E-state index is 0.0214. The molecule has 0 saturated carbocycles. The zero-order chi connectivity index (χ0) is 18.4. The van der Waals surface area contributed by atoms with Crippen molar-refractivity contribution in [1.29, 1.82) is 0 Å². The van der Waals surface area contributed by atoms with E-state index in [4.69, 9.17) is 4.74 Å². The second-order valence-corrected chi connectivity index (χ2v) is 6.83. The van der Waals surface area contributed by atoms with Crippen molar-refractivity contribution >= 4 is 11.6 Å². The number of hydrogen-bond donors (Lipinski definition) is 0. The van der Waals surface area contributed by atoms with Crippen LogP contribution in [0.25, 0.3) is 0 Å². The summed E-state index contributed by atoms with van der Waals surface area (Å²) < 4.78 is 5.43. The Morgan fingerprint density at radius 3 is 2.27 bits per heavy atom. The molecule has 1 saturated heterocycles. The number of carbonyl (C=O) groups excluding carboxylic acids is 1. The molecule has 0 aromatic heterocycles. The highest BCUT2D eigenvalue weighted by Gasteiger charge is 2.14. The molecule has 4 nitrogen and oxygen atoms in total. The van der Waals surface area contributed by atoms with Gasteiger partial charge in [-0.1, -0.05) is 12.1 Å². The molecule has 2 aromatic carbocycles. The lowest BCUT2D eigenvalue weighted by molar-refractivity contribution is 0.0785. The van der Waals surface area contributed by atoms with Gasteiger partial charge in [-0.15, -0.1) is 0 Å². The minimum Gasteiger partial charge on any atom is -0.494 e. The molecule has 4 heteroatoms. The Bertz CT molecular complexity index is 704. The lowest BCUT2D eigenvalue weighted by Crippen LogP contribution is -2.29. The molecule has 0 N–H and O–H groups in total. The van der Waals surface area contributed by atoms with Gasteiger partial charge in [0.2, 0.25) is 0 Å². The summed E-state index contributed by atoms with van der Waals surface area (Å²) in [5, 5.41) is 0. The standard InChI is InChI=1S/C22H28N2O2/c1-3-26-21-13-9-19(10-14-21)22(25)23(2)17-18-7-11-20(12-8-18)24-15-5-4-6-16-24/h7-14H,3-6,15-17H2,1-2H3. The van der Waals surface area contributed by atoms with Gasteiger partial charge in [-0.05, 0) is 68.1 Å². The third-order valence-corrected chi connectivity index (χ3v) is 4.84. The average molecular weight is 352 g/mol. The smallest absolute Gasteiger partial charge is 0.253 e. The molecule has 0 aliphatic carbocycles. The Hall–Kier alpha value is -2.49. The summed E-state index contributed by atoms with van der Waals surface area (Å²) >= 11 is 0. The summed E-state index contributed by atoms with van der Waals surface area (Å²) in [7, 11) is 1.84. The fraction of sp³-hybridized carbons (Fsp3) is 0.409. The Morgan fingerprint density at radius 2 is 1.65 bits per heavy atom. The van der Waals surface area contributed by atoms with E-state index >= 15 is 0 Å². The lowest BCUT2D eigenvalue weighted by atomic mass is 10.1. The molecule has 0 bridgehead atoms. The summed E-state index contributed by atoms with van der Waals surface area (Å²) in [4.78, 5) is 16.8. The molecule has 26 heavy (non-hydrogen) atoms. The van der Waals surface area contributed by atoms with Crippen molar-refractivity contribution in [2.45, 2.75) is 32.7 Å². The molecule has 1 aliphatic heterocycles. The van der Waals surface area contributed by atoms with E-state index in [2.05, 4.69) is 29.2 Å². The van der Waals surface area contributed by atoms with Crippen LogP contribution in [0.1, 0.15) is 42.1 Å². The monoisotopic (exact) mass is 352 g/mol. The number of amides is 1. The number of rotatable bonds is 6. The third-order valence-electron chi connectivity index (χ3n) is 4.84. The number of anilines is 1. The van der Waals surface area contributed by atoms with Crippen molar-refractivity contribution in [2.75, 3.05) is 31.6 Å². The number of hydrogen-bond acceptors (Lipinski definition) is 3. The highest BCUT2D eigenvalue weighted by atomic mass is 16.5. The Morgan fingerprint density at radius 1 is 1.00 bits per heavy atom. The average Bonchev–Trinajstić information content (AvgIpc) is 2.69. The van der Waals surface area contributed by atoms with E-state index in [1.54, 1.807) is 4.90 Å². The van der Waals surface area contributed by atoms with Crippen molar-refractivity contribution in [1.82, 2.24) is 4.90 Å². The van der Waals surface area contributed by atoms with Crippen LogP contribution in [0.15, 0.2) is 48.5 Å². The van der Waals surface area contributed by atoms with E-state index in [9.17, 15) is 4.79 Å². The number of nitrogens with zero attached hydrogens (tertiary/aromatic N) is 2. The van der Waals surface area contributed by atoms with Crippen LogP contribution in [0.4, 0.5) is 5.69 Å². The SMILES string of the molecule is CCOc1ccc(C(=O)N(C)Cc2ccc(N3CCCCC3)cc2)cc1. The molecule has 3 rings (SSSR count). The summed E-state index contributed by atoms with van der Waals surface area (Å²) in [6, 6.07) is 16.0. The van der Waals surface area contributed by atoms with Crippen LogP contribution in [-0.2, 0) is 6.54 Å². The van der Waals surface area contributed by atoms with Gasteiger partial charge in [-0.3, -0.25) is 4.79 Å². The zero-order valence-corrected chi connectivity index (χ0v) is 15.8. The Labute approximate surface area is 156 Å². The van der Waals surface area contributed by atoms with Crippen molar-refractivity contribution < 1.29 is 9.53 Å². The van der Waals surface area contributed by atoms with Gasteiger partial charge in [0.1, 0.15) is 5.75 Å². The van der Waals surface area contributed by atoms with Crippen LogP contribution in [0.3, 0.4) is 0 Å². The predicted molar refractivity (Wildman–Crippen MR) is 106 cm³/mol. The normalized spacial score (nSPS) is 14.2. The van der Waals surface area contributed by atoms with Crippen LogP contribution in [0, 0.1) is 0 Å². The topological polar surface area (TPSA) is 32.8 Å². The number of ether oxygens (including phenoxy) is 1. The highest BCUT2D eigenvalue weighted by Crippen LogP contribution is 2.21. The van der Waals surface area contributed by atoms with Gasteiger partial charge in [-0.25, -0.2) is 0 Å². The third kappa shape index (κ3) is 4.57. The van der Waals surface area contributed by atoms with Crippen molar-refractivity contribution in [3.63, 3.8) is 0 Å². The first kappa shape index (κ1) is 18.3. The molecule has 1 aliphatic rings. The van der Waals surface area contributed by atoms with Gasteiger partial charge < -0.3 is 14.5 Å². The molecule has 2 aromatic rings. The lowest BCUT2D eigenvalue weighted by Gasteiger charge is -2.29. The first-order valence-corrected chi connectivity index (χ1v) is 9.49. The van der Waals surface area contributed by atoms with Crippen LogP contribution in [0.5, 0.6) is 5.75 Å². The van der Waals surface area contributed by atoms with Gasteiger partial charge in [-0.2, -0.15) is 0 Å². The summed E-state index contributed by atoms with van der Waals surface area (Å²) in [5.41, 5.74) is 3.11. The van der Waals surface area contributed by atoms with Gasteiger partial charge in [0.05, 0.1) is 6.61 Å². The number of piperidine rings is 1. The fourth-order valence-electron chi connectivity index (χ4n) is 3.39. The van der Waals surface area contributed by atoms with Crippen LogP contribution < -0.4 is 9.64 Å². The predicted octanol–water partition coefficient (Wildman–Crippen LogP) is 4.35. The summed E-state index contributed by atoms with van der Waals surface area (Å²) in [6.07, 6.45) is 3.90. The number of carbonyl (C=O) groups is 1. The first-order valence-electron chi connectivity index (χ1n) is 9.49. The van der Waals surface area contributed by atoms with Gasteiger partial charge in [0.15, 0.2) is 0 Å². The maximum atomic E-state index is 12.6. The second-order valence-electron chi connectivity index (χ2n) is 6.83. The maximum absolute atomic E-state index is 12.6. The van der Waals surface area contributed by atoms with Crippen LogP contribution in [-0.4, -0.2) is 37.6 Å². The van der Waals surface area contributed by atoms with E-state index in [0.717, 1.165) is 24.4 Å². The highest BCUT2D eigenvalue weighted by molar-refractivity contribution is 5.94. The molecule has 138 valence electrons. The number of benzene rings is 2. The second kappa shape index (κ2) is 8.75. The molecular formula is C22H28N2O2. The van der Waals surface area contributed by atoms with Gasteiger partial charge in [0, 0.05) is 37.9 Å². The van der Waals surface area contributed by atoms with E-state index in [1.165, 1.54) is 24.9 Å². The minimum absolute atomic E-state index is 0.0214. The van der Waals surface area contributed by atoms with E-state index in [-0.39, 0.29) is 5.91 Å². The molecule has 1 fully saturated rings. The van der Waals surface area contributed by atoms with E-state index in [0.29, 0.717) is 18.7 Å². The molecule has 0 unspecified atom stereocenters. The van der Waals surface area contributed by atoms with E-state index < -0.39 is 0 Å². The zero-order valence-electron chi connectivity index (χ0n) is 15.8. The largest absolute Gasteiger partial charge is 0.494 e. The van der Waals surface area contributed by atoms with E-state index in [1.807, 2.05) is 38.2 Å². The van der Waals surface area contributed by atoms with Gasteiger partial charge in [0.25, 0.3) is 5.91 Å². The molecule has 1 heterocycles. The summed E-state index contributed by atoms with van der Waals surface area (Å²) in [5.74, 6) is 0.813. The van der Waals surface area contributed by atoms with Crippen LogP contribution in [0.2, 0.25) is 0 Å². The Kier molecular flexibility index (Phi) is 6.16. The Balaban J connectivity index is 1.59. The summed E-state index contributed by atoms with van der Waals surface area (Å²) in [6.45, 7) is 5.47. The van der Waals surface area contributed by atoms with Crippen molar-refractivity contribution in [2.24, 2.45) is 0 Å². The maximum Gasteiger partial charge on any atom is 0.253 e. The molecule has 0 atom stereocenters. The molecule has 1 amide bonds.